The van der Waals surface area contributed by atoms with E-state index in [1.165, 1.54) is 26.0 Å². The smallest absolute Gasteiger partial charge is 0.315 e. The molecule has 0 aromatic carbocycles. The van der Waals surface area contributed by atoms with E-state index in [0.717, 1.165) is 8.61 Å². The molecule has 2 rings (SSSR count). The maximum atomic E-state index is 13.1. The number of nitrogens with zero attached hydrogens (tertiary/aromatic N) is 3. The quantitative estimate of drug-likeness (QED) is 0.234. The largest absolute Gasteiger partial charge is 0.354 e. The number of carbonyl (C=O) groups is 4. The lowest BCUT2D eigenvalue weighted by molar-refractivity contribution is -0.139. The van der Waals surface area contributed by atoms with Gasteiger partial charge < -0.3 is 26.2 Å². The zero-order valence-corrected chi connectivity index (χ0v) is 25.0. The summed E-state index contributed by atoms with van der Waals surface area (Å²) in [6, 6.07) is -1.92. The van der Waals surface area contributed by atoms with Crippen molar-refractivity contribution in [2.24, 2.45) is 11.3 Å². The van der Waals surface area contributed by atoms with Crippen LogP contribution >= 0.6 is 0 Å². The molecule has 2 aliphatic rings. The third kappa shape index (κ3) is 7.70. The summed E-state index contributed by atoms with van der Waals surface area (Å²) >= 11 is 0. The van der Waals surface area contributed by atoms with Crippen LogP contribution in [0.3, 0.4) is 0 Å². The van der Waals surface area contributed by atoms with E-state index in [1.807, 2.05) is 20.8 Å². The van der Waals surface area contributed by atoms with Gasteiger partial charge in [0.05, 0.1) is 6.54 Å². The molecule has 5 amide bonds. The molecule has 0 aromatic heterocycles. The molecule has 4 N–H and O–H groups in total. The highest BCUT2D eigenvalue weighted by Gasteiger charge is 2.60. The van der Waals surface area contributed by atoms with E-state index in [-0.39, 0.29) is 24.9 Å². The van der Waals surface area contributed by atoms with Gasteiger partial charge in [0.25, 0.3) is 10.2 Å². The van der Waals surface area contributed by atoms with Crippen molar-refractivity contribution >= 4 is 34.0 Å². The highest BCUT2D eigenvalue weighted by atomic mass is 32.2. The van der Waals surface area contributed by atoms with Gasteiger partial charge in [-0.15, -0.1) is 6.58 Å². The maximum absolute atomic E-state index is 13.1. The molecule has 222 valence electrons. The molecule has 14 heteroatoms. The van der Waals surface area contributed by atoms with Crippen molar-refractivity contribution in [3.63, 3.8) is 0 Å². The number of hydrogen-bond donors (Lipinski definition) is 4. The molecule has 4 atom stereocenters. The monoisotopic (exact) mass is 571 g/mol. The predicted molar refractivity (Wildman–Crippen MR) is 148 cm³/mol. The van der Waals surface area contributed by atoms with Crippen LogP contribution in [0.5, 0.6) is 0 Å². The molecule has 2 fully saturated rings. The predicted octanol–water partition coefficient (Wildman–Crippen LogP) is -0.373. The summed E-state index contributed by atoms with van der Waals surface area (Å²) in [5.74, 6) is -1.27. The minimum absolute atomic E-state index is 0.0266. The topological polar surface area (TPSA) is 160 Å². The van der Waals surface area contributed by atoms with Crippen LogP contribution in [-0.2, 0) is 24.6 Å². The van der Waals surface area contributed by atoms with Crippen molar-refractivity contribution in [3.8, 4) is 0 Å². The lowest BCUT2D eigenvalue weighted by atomic mass is 9.87. The first-order valence-corrected chi connectivity index (χ1v) is 14.6. The number of likely N-dealkylation sites (N-methyl/N-ethyl adjacent to an activating group) is 2. The molecule has 0 radical (unpaired) electrons. The van der Waals surface area contributed by atoms with Crippen molar-refractivity contribution in [2.45, 2.75) is 64.6 Å². The van der Waals surface area contributed by atoms with Crippen molar-refractivity contribution in [3.05, 3.63) is 12.7 Å². The molecule has 0 bridgehead atoms. The van der Waals surface area contributed by atoms with Gasteiger partial charge in [-0.05, 0) is 31.6 Å². The lowest BCUT2D eigenvalue weighted by Crippen LogP contribution is -2.57. The first-order chi connectivity index (χ1) is 18.0. The summed E-state index contributed by atoms with van der Waals surface area (Å²) in [5, 5.41) is 10.9. The van der Waals surface area contributed by atoms with Crippen LogP contribution in [0, 0.1) is 11.3 Å². The Hall–Kier alpha value is -2.71. The van der Waals surface area contributed by atoms with Crippen LogP contribution in [0.25, 0.3) is 0 Å². The second-order valence-electron chi connectivity index (χ2n) is 11.4. The number of nitrogens with one attached hydrogen (secondary N) is 4. The molecule has 1 aliphatic carbocycles. The van der Waals surface area contributed by atoms with Crippen LogP contribution in [0.2, 0.25) is 0 Å². The van der Waals surface area contributed by atoms with Crippen LogP contribution < -0.4 is 21.3 Å². The molecule has 0 spiro atoms. The van der Waals surface area contributed by atoms with Gasteiger partial charge in [-0.3, -0.25) is 14.4 Å². The van der Waals surface area contributed by atoms with E-state index in [4.69, 9.17) is 0 Å². The first-order valence-electron chi connectivity index (χ1n) is 13.2. The molecule has 13 nitrogen and oxygen atoms in total. The van der Waals surface area contributed by atoms with E-state index in [0.29, 0.717) is 32.4 Å². The highest BCUT2D eigenvalue weighted by Crippen LogP contribution is 2.44. The summed E-state index contributed by atoms with van der Waals surface area (Å²) in [5.41, 5.74) is -1.53. The number of amides is 5. The minimum Gasteiger partial charge on any atom is -0.354 e. The fourth-order valence-corrected chi connectivity index (χ4v) is 5.52. The summed E-state index contributed by atoms with van der Waals surface area (Å²) in [6.07, 6.45) is 3.17. The Morgan fingerprint density at radius 1 is 1.15 bits per heavy atom. The molecule has 2 unspecified atom stereocenters. The summed E-state index contributed by atoms with van der Waals surface area (Å²) in [6.45, 7) is 11.6. The van der Waals surface area contributed by atoms with Gasteiger partial charge in [-0.1, -0.05) is 26.8 Å². The molecule has 39 heavy (non-hydrogen) atoms. The molecule has 1 heterocycles. The molecular weight excluding hydrogens is 526 g/mol. The molecule has 0 aromatic rings. The number of likely N-dealkylation sites (tertiary alicyclic amines) is 1. The van der Waals surface area contributed by atoms with Crippen LogP contribution in [0.4, 0.5) is 4.79 Å². The maximum Gasteiger partial charge on any atom is 0.315 e. The highest BCUT2D eigenvalue weighted by molar-refractivity contribution is 7.86. The normalized spacial score (nSPS) is 23.8. The average Bonchev–Trinajstić information content (AvgIpc) is 3.33. The average molecular weight is 572 g/mol. The fourth-order valence-electron chi connectivity index (χ4n) is 4.63. The number of urea groups is 1. The van der Waals surface area contributed by atoms with Crippen LogP contribution in [0.1, 0.15) is 47.0 Å². The van der Waals surface area contributed by atoms with Crippen molar-refractivity contribution in [1.29, 1.82) is 0 Å². The van der Waals surface area contributed by atoms with Crippen molar-refractivity contribution < 1.29 is 27.6 Å². The summed E-state index contributed by atoms with van der Waals surface area (Å²) in [4.78, 5) is 52.8. The van der Waals surface area contributed by atoms with E-state index in [1.54, 1.807) is 13.0 Å². The Bertz CT molecular complexity index is 1060. The SMILES string of the molecule is C=CC1C[C@]1(NC(=O)[C@@H]1CCCN1C(=O)CNC(=O)NC(CN(C)S(=O)(=O)N(C)C)C(C)(C)C)C(=O)NCC. The third-order valence-electron chi connectivity index (χ3n) is 7.31. The van der Waals surface area contributed by atoms with Gasteiger partial charge in [-0.2, -0.15) is 17.0 Å². The van der Waals surface area contributed by atoms with Crippen LogP contribution in [-0.4, -0.2) is 111 Å². The first kappa shape index (κ1) is 32.5. The minimum atomic E-state index is -3.68. The number of rotatable bonds is 12. The van der Waals surface area contributed by atoms with Crippen LogP contribution in [0.15, 0.2) is 12.7 Å². The van der Waals surface area contributed by atoms with Crippen molar-refractivity contribution in [2.75, 3.05) is 47.3 Å². The molecular formula is C25H45N7O6S. The van der Waals surface area contributed by atoms with E-state index >= 15 is 0 Å². The van der Waals surface area contributed by atoms with Gasteiger partial charge in [0.2, 0.25) is 17.7 Å². The zero-order valence-electron chi connectivity index (χ0n) is 24.2. The second kappa shape index (κ2) is 12.6. The Morgan fingerprint density at radius 3 is 2.31 bits per heavy atom. The molecule has 1 aliphatic heterocycles. The van der Waals surface area contributed by atoms with Gasteiger partial charge in [-0.25, -0.2) is 4.79 Å². The number of hydrogen-bond acceptors (Lipinski definition) is 6. The van der Waals surface area contributed by atoms with Crippen molar-refractivity contribution in [1.82, 2.24) is 34.8 Å². The second-order valence-corrected chi connectivity index (χ2v) is 13.7. The lowest BCUT2D eigenvalue weighted by Gasteiger charge is -2.35. The Morgan fingerprint density at radius 2 is 1.79 bits per heavy atom. The van der Waals surface area contributed by atoms with Gasteiger partial charge in [0, 0.05) is 52.7 Å². The van der Waals surface area contributed by atoms with Gasteiger partial charge in [0.15, 0.2) is 0 Å². The Labute approximate surface area is 232 Å². The number of carbonyl (C=O) groups excluding carboxylic acids is 4. The molecule has 1 saturated carbocycles. The Kier molecular flexibility index (Phi) is 10.5. The Balaban J connectivity index is 1.99. The third-order valence-corrected chi connectivity index (χ3v) is 9.17. The fraction of sp³-hybridized carbons (Fsp3) is 0.760. The summed E-state index contributed by atoms with van der Waals surface area (Å²) < 4.78 is 27.1. The van der Waals surface area contributed by atoms with Gasteiger partial charge in [0.1, 0.15) is 11.6 Å². The van der Waals surface area contributed by atoms with E-state index in [9.17, 15) is 27.6 Å². The summed E-state index contributed by atoms with van der Waals surface area (Å²) in [7, 11) is 0.616. The zero-order chi connectivity index (χ0) is 29.8. The van der Waals surface area contributed by atoms with E-state index in [2.05, 4.69) is 27.8 Å². The standard InChI is InChI=1S/C25H45N7O6S/c1-9-17-14-25(17,22(35)26-10-2)29-21(34)18-12-11-13-32(18)20(33)15-27-23(36)28-19(24(3,4)5)16-31(8)39(37,38)30(6)7/h9,17-19H,1,10-16H2,2-8H3,(H,26,35)(H,29,34)(H2,27,28,36)/t17?,18-,19?,25+/m0/s1. The van der Waals surface area contributed by atoms with E-state index < -0.39 is 51.1 Å². The molecule has 1 saturated heterocycles. The van der Waals surface area contributed by atoms with Gasteiger partial charge >= 0.3 is 6.03 Å².